The quantitative estimate of drug-likeness (QED) is 0.836. The van der Waals surface area contributed by atoms with Crippen molar-refractivity contribution in [3.05, 3.63) is 17.3 Å². The first kappa shape index (κ1) is 11.6. The monoisotopic (exact) mass is 222 g/mol. The van der Waals surface area contributed by atoms with Crippen LogP contribution in [0.4, 0.5) is 0 Å². The highest BCUT2D eigenvalue weighted by Gasteiger charge is 2.31. The summed E-state index contributed by atoms with van der Waals surface area (Å²) in [6, 6.07) is 0. The van der Waals surface area contributed by atoms with E-state index in [4.69, 9.17) is 9.40 Å². The second-order valence-electron chi connectivity index (χ2n) is 6.02. The van der Waals surface area contributed by atoms with Gasteiger partial charge in [0.25, 0.3) is 0 Å². The topological polar surface area (TPSA) is 38.1 Å². The van der Waals surface area contributed by atoms with E-state index >= 15 is 0 Å². The van der Waals surface area contributed by atoms with Crippen LogP contribution in [-0.4, -0.2) is 18.1 Å². The standard InChI is InChI=1S/C13H22N2O/c1-8(2)10-11(13(3,4)5)15-12(16-10)9-6-14-7-9/h8-9,14H,6-7H2,1-5H3. The van der Waals surface area contributed by atoms with Crippen molar-refractivity contribution in [1.29, 1.82) is 0 Å². The Bertz CT molecular complexity index is 370. The number of hydrogen-bond acceptors (Lipinski definition) is 3. The number of aromatic nitrogens is 1. The van der Waals surface area contributed by atoms with E-state index in [0.29, 0.717) is 11.8 Å². The molecule has 1 aromatic rings. The number of rotatable bonds is 2. The summed E-state index contributed by atoms with van der Waals surface area (Å²) in [6.45, 7) is 12.9. The molecule has 0 unspecified atom stereocenters. The molecule has 3 nitrogen and oxygen atoms in total. The molecule has 0 aromatic carbocycles. The van der Waals surface area contributed by atoms with Crippen LogP contribution in [0.2, 0.25) is 0 Å². The van der Waals surface area contributed by atoms with Crippen molar-refractivity contribution in [2.75, 3.05) is 13.1 Å². The third kappa shape index (κ3) is 2.01. The molecule has 1 saturated heterocycles. The Morgan fingerprint density at radius 2 is 1.94 bits per heavy atom. The van der Waals surface area contributed by atoms with Gasteiger partial charge in [-0.3, -0.25) is 0 Å². The van der Waals surface area contributed by atoms with Gasteiger partial charge in [0.15, 0.2) is 5.89 Å². The minimum atomic E-state index is 0.0680. The third-order valence-corrected chi connectivity index (χ3v) is 3.04. The summed E-state index contributed by atoms with van der Waals surface area (Å²) in [7, 11) is 0. The van der Waals surface area contributed by atoms with Crippen molar-refractivity contribution < 1.29 is 4.42 Å². The van der Waals surface area contributed by atoms with Gasteiger partial charge in [-0.15, -0.1) is 0 Å². The van der Waals surface area contributed by atoms with E-state index in [9.17, 15) is 0 Å². The van der Waals surface area contributed by atoms with Crippen LogP contribution in [0.1, 0.15) is 63.8 Å². The zero-order chi connectivity index (χ0) is 11.9. The molecule has 0 spiro atoms. The minimum absolute atomic E-state index is 0.0680. The molecule has 2 heterocycles. The highest BCUT2D eigenvalue weighted by molar-refractivity contribution is 5.23. The van der Waals surface area contributed by atoms with Crippen LogP contribution in [0.15, 0.2) is 4.42 Å². The van der Waals surface area contributed by atoms with Crippen LogP contribution in [0.5, 0.6) is 0 Å². The van der Waals surface area contributed by atoms with Crippen molar-refractivity contribution in [3.63, 3.8) is 0 Å². The Morgan fingerprint density at radius 3 is 2.25 bits per heavy atom. The van der Waals surface area contributed by atoms with Gasteiger partial charge in [-0.1, -0.05) is 34.6 Å². The molecule has 1 aromatic heterocycles. The van der Waals surface area contributed by atoms with Crippen LogP contribution >= 0.6 is 0 Å². The molecule has 0 aliphatic carbocycles. The van der Waals surface area contributed by atoms with Crippen molar-refractivity contribution in [2.45, 2.75) is 51.9 Å². The summed E-state index contributed by atoms with van der Waals surface area (Å²) >= 11 is 0. The van der Waals surface area contributed by atoms with E-state index in [-0.39, 0.29) is 5.41 Å². The van der Waals surface area contributed by atoms with E-state index in [1.54, 1.807) is 0 Å². The van der Waals surface area contributed by atoms with Gasteiger partial charge in [0.2, 0.25) is 0 Å². The molecule has 0 radical (unpaired) electrons. The number of oxazole rings is 1. The van der Waals surface area contributed by atoms with Crippen molar-refractivity contribution >= 4 is 0 Å². The van der Waals surface area contributed by atoms with E-state index in [2.05, 4.69) is 39.9 Å². The molecule has 1 fully saturated rings. The van der Waals surface area contributed by atoms with Crippen LogP contribution in [0.25, 0.3) is 0 Å². The lowest BCUT2D eigenvalue weighted by Crippen LogP contribution is -2.40. The van der Waals surface area contributed by atoms with Crippen LogP contribution in [0, 0.1) is 0 Å². The molecular weight excluding hydrogens is 200 g/mol. The highest BCUT2D eigenvalue weighted by atomic mass is 16.4. The number of hydrogen-bond donors (Lipinski definition) is 1. The predicted octanol–water partition coefficient (Wildman–Crippen LogP) is 2.78. The molecule has 0 bridgehead atoms. The molecule has 0 saturated carbocycles. The Hall–Kier alpha value is -0.830. The molecule has 16 heavy (non-hydrogen) atoms. The lowest BCUT2D eigenvalue weighted by Gasteiger charge is -2.23. The predicted molar refractivity (Wildman–Crippen MR) is 64.9 cm³/mol. The molecule has 3 heteroatoms. The molecule has 1 aliphatic heterocycles. The molecule has 90 valence electrons. The van der Waals surface area contributed by atoms with Crippen molar-refractivity contribution in [3.8, 4) is 0 Å². The van der Waals surface area contributed by atoms with Crippen molar-refractivity contribution in [1.82, 2.24) is 10.3 Å². The minimum Gasteiger partial charge on any atom is -0.445 e. The maximum absolute atomic E-state index is 5.96. The van der Waals surface area contributed by atoms with Crippen LogP contribution in [-0.2, 0) is 5.41 Å². The average molecular weight is 222 g/mol. The van der Waals surface area contributed by atoms with Gasteiger partial charge in [0.05, 0.1) is 11.6 Å². The smallest absolute Gasteiger partial charge is 0.200 e. The maximum atomic E-state index is 5.96. The lowest BCUT2D eigenvalue weighted by atomic mass is 9.88. The maximum Gasteiger partial charge on any atom is 0.200 e. The van der Waals surface area contributed by atoms with Crippen LogP contribution < -0.4 is 5.32 Å². The molecule has 0 atom stereocenters. The summed E-state index contributed by atoms with van der Waals surface area (Å²) in [4.78, 5) is 4.72. The second-order valence-corrected chi connectivity index (χ2v) is 6.02. The summed E-state index contributed by atoms with van der Waals surface area (Å²) in [5, 5.41) is 3.26. The van der Waals surface area contributed by atoms with Crippen molar-refractivity contribution in [2.24, 2.45) is 0 Å². The molecule has 1 aliphatic rings. The van der Waals surface area contributed by atoms with Crippen LogP contribution in [0.3, 0.4) is 0 Å². The summed E-state index contributed by atoms with van der Waals surface area (Å²) in [5.41, 5.74) is 1.20. The SMILES string of the molecule is CC(C)c1oc(C2CNC2)nc1C(C)(C)C. The van der Waals surface area contributed by atoms with Gasteiger partial charge < -0.3 is 9.73 Å². The second kappa shape index (κ2) is 3.88. The summed E-state index contributed by atoms with van der Waals surface area (Å²) < 4.78 is 5.96. The Morgan fingerprint density at radius 1 is 1.31 bits per heavy atom. The number of nitrogens with one attached hydrogen (secondary N) is 1. The Kier molecular flexibility index (Phi) is 2.82. The zero-order valence-electron chi connectivity index (χ0n) is 10.9. The van der Waals surface area contributed by atoms with Gasteiger partial charge in [-0.2, -0.15) is 0 Å². The van der Waals surface area contributed by atoms with E-state index < -0.39 is 0 Å². The van der Waals surface area contributed by atoms with Gasteiger partial charge >= 0.3 is 0 Å². The lowest BCUT2D eigenvalue weighted by molar-refractivity contribution is 0.340. The average Bonchev–Trinajstić information content (AvgIpc) is 2.44. The molecule has 2 rings (SSSR count). The van der Waals surface area contributed by atoms with E-state index in [0.717, 1.165) is 30.4 Å². The van der Waals surface area contributed by atoms with Gasteiger partial charge in [0, 0.05) is 24.4 Å². The van der Waals surface area contributed by atoms with E-state index in [1.165, 1.54) is 0 Å². The van der Waals surface area contributed by atoms with Gasteiger partial charge in [0.1, 0.15) is 5.76 Å². The first-order valence-corrected chi connectivity index (χ1v) is 6.11. The first-order chi connectivity index (χ1) is 7.39. The fourth-order valence-corrected chi connectivity index (χ4v) is 1.92. The normalized spacial score (nSPS) is 17.9. The first-order valence-electron chi connectivity index (χ1n) is 6.11. The molecular formula is C13H22N2O. The van der Waals surface area contributed by atoms with Gasteiger partial charge in [-0.25, -0.2) is 4.98 Å². The summed E-state index contributed by atoms with van der Waals surface area (Å²) in [5.74, 6) is 2.87. The zero-order valence-corrected chi connectivity index (χ0v) is 10.9. The van der Waals surface area contributed by atoms with E-state index in [1.807, 2.05) is 0 Å². The fraction of sp³-hybridized carbons (Fsp3) is 0.769. The molecule has 1 N–H and O–H groups in total. The fourth-order valence-electron chi connectivity index (χ4n) is 1.92. The molecule has 0 amide bonds. The Balaban J connectivity index is 2.37. The summed E-state index contributed by atoms with van der Waals surface area (Å²) in [6.07, 6.45) is 0. The highest BCUT2D eigenvalue weighted by Crippen LogP contribution is 2.33. The van der Waals surface area contributed by atoms with Gasteiger partial charge in [-0.05, 0) is 0 Å². The number of nitrogens with zero attached hydrogens (tertiary/aromatic N) is 1. The third-order valence-electron chi connectivity index (χ3n) is 3.04. The Labute approximate surface area is 97.6 Å². The largest absolute Gasteiger partial charge is 0.445 e.